The number of hydrogen-bond acceptors (Lipinski definition) is 3. The van der Waals surface area contributed by atoms with Crippen LogP contribution in [0.1, 0.15) is 51.4 Å². The van der Waals surface area contributed by atoms with Crippen LogP contribution in [-0.4, -0.2) is 31.7 Å². The van der Waals surface area contributed by atoms with Crippen LogP contribution in [0.3, 0.4) is 0 Å². The smallest absolute Gasteiger partial charge is 0.237 e. The first-order chi connectivity index (χ1) is 8.24. The Balaban J connectivity index is 2.21. The zero-order chi connectivity index (χ0) is 12.5. The molecule has 4 heteroatoms. The molecule has 4 nitrogen and oxygen atoms in total. The lowest BCUT2D eigenvalue weighted by Crippen LogP contribution is -2.45. The third kappa shape index (κ3) is 6.03. The van der Waals surface area contributed by atoms with Crippen LogP contribution in [0.25, 0.3) is 0 Å². The lowest BCUT2D eigenvalue weighted by Gasteiger charge is -2.19. The number of methoxy groups -OCH3 is 1. The number of nitrogens with one attached hydrogen (secondary N) is 1. The first kappa shape index (κ1) is 14.5. The van der Waals surface area contributed by atoms with Gasteiger partial charge in [0.05, 0.1) is 6.04 Å². The molecule has 1 saturated carbocycles. The van der Waals surface area contributed by atoms with Crippen molar-refractivity contribution in [2.45, 2.75) is 63.5 Å². The molecule has 1 amide bonds. The standard InChI is InChI=1S/C13H26N2O2/c1-17-10-6-9-12(14)13(16)15-11-7-4-2-3-5-8-11/h11-12H,2-10,14H2,1H3,(H,15,16). The SMILES string of the molecule is COCCCC(N)C(=O)NC1CCCCCC1. The van der Waals surface area contributed by atoms with Gasteiger partial charge in [-0.25, -0.2) is 0 Å². The van der Waals surface area contributed by atoms with Crippen molar-refractivity contribution >= 4 is 5.91 Å². The second-order valence-corrected chi connectivity index (χ2v) is 4.94. The maximum atomic E-state index is 11.8. The minimum Gasteiger partial charge on any atom is -0.385 e. The molecule has 1 fully saturated rings. The van der Waals surface area contributed by atoms with E-state index in [1.54, 1.807) is 7.11 Å². The Hall–Kier alpha value is -0.610. The van der Waals surface area contributed by atoms with E-state index in [-0.39, 0.29) is 11.9 Å². The summed E-state index contributed by atoms with van der Waals surface area (Å²) in [6, 6.07) is -0.0353. The van der Waals surface area contributed by atoms with E-state index in [9.17, 15) is 4.79 Å². The highest BCUT2D eigenvalue weighted by Gasteiger charge is 2.18. The van der Waals surface area contributed by atoms with Gasteiger partial charge in [-0.3, -0.25) is 4.79 Å². The molecule has 0 aromatic carbocycles. The summed E-state index contributed by atoms with van der Waals surface area (Å²) < 4.78 is 4.95. The van der Waals surface area contributed by atoms with Gasteiger partial charge in [-0.15, -0.1) is 0 Å². The number of nitrogens with two attached hydrogens (primary N) is 1. The van der Waals surface area contributed by atoms with Gasteiger partial charge in [-0.1, -0.05) is 25.7 Å². The Morgan fingerprint density at radius 3 is 2.59 bits per heavy atom. The number of hydrogen-bond donors (Lipinski definition) is 2. The Morgan fingerprint density at radius 1 is 1.35 bits per heavy atom. The zero-order valence-electron chi connectivity index (χ0n) is 10.9. The number of ether oxygens (including phenoxy) is 1. The van der Waals surface area contributed by atoms with E-state index in [1.807, 2.05) is 0 Å². The molecule has 3 N–H and O–H groups in total. The predicted octanol–water partition coefficient (Wildman–Crippen LogP) is 1.58. The van der Waals surface area contributed by atoms with Gasteiger partial charge in [0.25, 0.3) is 0 Å². The summed E-state index contributed by atoms with van der Waals surface area (Å²) in [5.41, 5.74) is 5.85. The van der Waals surface area contributed by atoms with Gasteiger partial charge in [0.2, 0.25) is 5.91 Å². The number of amides is 1. The van der Waals surface area contributed by atoms with E-state index in [0.717, 1.165) is 19.3 Å². The van der Waals surface area contributed by atoms with Crippen molar-refractivity contribution < 1.29 is 9.53 Å². The Kier molecular flexibility index (Phi) is 7.21. The summed E-state index contributed by atoms with van der Waals surface area (Å²) >= 11 is 0. The second-order valence-electron chi connectivity index (χ2n) is 4.94. The molecule has 0 heterocycles. The largest absolute Gasteiger partial charge is 0.385 e. The van der Waals surface area contributed by atoms with Crippen LogP contribution >= 0.6 is 0 Å². The molecule has 0 aromatic heterocycles. The predicted molar refractivity (Wildman–Crippen MR) is 68.7 cm³/mol. The van der Waals surface area contributed by atoms with Crippen LogP contribution in [0.4, 0.5) is 0 Å². The van der Waals surface area contributed by atoms with Gasteiger partial charge in [-0.05, 0) is 25.7 Å². The lowest BCUT2D eigenvalue weighted by atomic mass is 10.1. The molecule has 100 valence electrons. The molecule has 1 unspecified atom stereocenters. The fourth-order valence-electron chi connectivity index (χ4n) is 2.31. The highest BCUT2D eigenvalue weighted by Crippen LogP contribution is 2.17. The van der Waals surface area contributed by atoms with Crippen LogP contribution in [0.5, 0.6) is 0 Å². The van der Waals surface area contributed by atoms with E-state index in [1.165, 1.54) is 25.7 Å². The molecule has 0 spiro atoms. The minimum absolute atomic E-state index is 0.00741. The normalized spacial score (nSPS) is 19.6. The third-order valence-electron chi connectivity index (χ3n) is 3.40. The average Bonchev–Trinajstić information content (AvgIpc) is 2.57. The van der Waals surface area contributed by atoms with E-state index in [0.29, 0.717) is 19.1 Å². The maximum absolute atomic E-state index is 11.8. The molecule has 17 heavy (non-hydrogen) atoms. The molecule has 1 aliphatic rings. The van der Waals surface area contributed by atoms with E-state index < -0.39 is 0 Å². The van der Waals surface area contributed by atoms with Crippen molar-refractivity contribution in [2.24, 2.45) is 5.73 Å². The number of rotatable bonds is 6. The van der Waals surface area contributed by atoms with Crippen LogP contribution < -0.4 is 11.1 Å². The van der Waals surface area contributed by atoms with E-state index >= 15 is 0 Å². The molecular formula is C13H26N2O2. The fourth-order valence-corrected chi connectivity index (χ4v) is 2.31. The van der Waals surface area contributed by atoms with Crippen LogP contribution in [-0.2, 0) is 9.53 Å². The highest BCUT2D eigenvalue weighted by molar-refractivity contribution is 5.81. The molecular weight excluding hydrogens is 216 g/mol. The summed E-state index contributed by atoms with van der Waals surface area (Å²) in [5, 5.41) is 3.08. The monoisotopic (exact) mass is 242 g/mol. The summed E-state index contributed by atoms with van der Waals surface area (Å²) in [6.07, 6.45) is 8.81. The topological polar surface area (TPSA) is 64.3 Å². The molecule has 0 aromatic rings. The summed E-state index contributed by atoms with van der Waals surface area (Å²) in [4.78, 5) is 11.8. The minimum atomic E-state index is -0.381. The number of carbonyl (C=O) groups is 1. The molecule has 0 radical (unpaired) electrons. The Labute approximate surface area is 104 Å². The van der Waals surface area contributed by atoms with E-state index in [2.05, 4.69) is 5.32 Å². The molecule has 1 atom stereocenters. The molecule has 0 saturated heterocycles. The van der Waals surface area contributed by atoms with Gasteiger partial charge in [-0.2, -0.15) is 0 Å². The Bertz CT molecular complexity index is 213. The van der Waals surface area contributed by atoms with Crippen molar-refractivity contribution in [1.82, 2.24) is 5.32 Å². The van der Waals surface area contributed by atoms with Crippen molar-refractivity contribution in [1.29, 1.82) is 0 Å². The zero-order valence-corrected chi connectivity index (χ0v) is 10.9. The molecule has 1 aliphatic carbocycles. The number of carbonyl (C=O) groups excluding carboxylic acids is 1. The van der Waals surface area contributed by atoms with Gasteiger partial charge < -0.3 is 15.8 Å². The summed E-state index contributed by atoms with van der Waals surface area (Å²) in [5.74, 6) is 0.00741. The van der Waals surface area contributed by atoms with E-state index in [4.69, 9.17) is 10.5 Å². The van der Waals surface area contributed by atoms with Crippen LogP contribution in [0.15, 0.2) is 0 Å². The Morgan fingerprint density at radius 2 is 2.00 bits per heavy atom. The van der Waals surface area contributed by atoms with Gasteiger partial charge >= 0.3 is 0 Å². The van der Waals surface area contributed by atoms with Gasteiger partial charge in [0.1, 0.15) is 0 Å². The fraction of sp³-hybridized carbons (Fsp3) is 0.923. The molecule has 1 rings (SSSR count). The van der Waals surface area contributed by atoms with Crippen molar-refractivity contribution in [3.05, 3.63) is 0 Å². The maximum Gasteiger partial charge on any atom is 0.237 e. The lowest BCUT2D eigenvalue weighted by molar-refractivity contribution is -0.123. The van der Waals surface area contributed by atoms with Crippen molar-refractivity contribution in [3.8, 4) is 0 Å². The molecule has 0 aliphatic heterocycles. The first-order valence-corrected chi connectivity index (χ1v) is 6.79. The second kappa shape index (κ2) is 8.48. The van der Waals surface area contributed by atoms with Gasteiger partial charge in [0, 0.05) is 19.8 Å². The first-order valence-electron chi connectivity index (χ1n) is 6.79. The summed E-state index contributed by atoms with van der Waals surface area (Å²) in [6.45, 7) is 0.671. The van der Waals surface area contributed by atoms with Crippen molar-refractivity contribution in [2.75, 3.05) is 13.7 Å². The average molecular weight is 242 g/mol. The van der Waals surface area contributed by atoms with Crippen molar-refractivity contribution in [3.63, 3.8) is 0 Å². The molecule has 0 bridgehead atoms. The quantitative estimate of drug-likeness (QED) is 0.549. The van der Waals surface area contributed by atoms with Crippen LogP contribution in [0, 0.1) is 0 Å². The van der Waals surface area contributed by atoms with Crippen LogP contribution in [0.2, 0.25) is 0 Å². The summed E-state index contributed by atoms with van der Waals surface area (Å²) in [7, 11) is 1.66. The third-order valence-corrected chi connectivity index (χ3v) is 3.40. The highest BCUT2D eigenvalue weighted by atomic mass is 16.5. The van der Waals surface area contributed by atoms with Gasteiger partial charge in [0.15, 0.2) is 0 Å².